The van der Waals surface area contributed by atoms with E-state index in [-0.39, 0.29) is 18.3 Å². The lowest BCUT2D eigenvalue weighted by atomic mass is 10.3. The Morgan fingerprint density at radius 1 is 1.40 bits per heavy atom. The third-order valence-electron chi connectivity index (χ3n) is 1.84. The molecule has 2 aromatic rings. The third kappa shape index (κ3) is 1.79. The number of nitrogens with zero attached hydrogens (tertiary/aromatic N) is 2. The monoisotopic (exact) mass is 209 g/mol. The van der Waals surface area contributed by atoms with Gasteiger partial charge in [-0.3, -0.25) is 0 Å². The molecule has 2 N–H and O–H groups in total. The van der Waals surface area contributed by atoms with E-state index in [1.54, 1.807) is 0 Å². The smallest absolute Gasteiger partial charge is 0.391 e. The molecule has 0 aliphatic rings. The lowest BCUT2D eigenvalue weighted by molar-refractivity contribution is 0.460. The predicted octanol–water partition coefficient (Wildman–Crippen LogP) is 0.423. The van der Waals surface area contributed by atoms with Crippen LogP contribution in [0.25, 0.3) is 5.69 Å². The van der Waals surface area contributed by atoms with Gasteiger partial charge < -0.3 is 10.2 Å². The summed E-state index contributed by atoms with van der Waals surface area (Å²) < 4.78 is 18.4. The van der Waals surface area contributed by atoms with E-state index in [0.717, 1.165) is 4.68 Å². The van der Waals surface area contributed by atoms with Gasteiger partial charge >= 0.3 is 5.76 Å². The second kappa shape index (κ2) is 3.66. The Hall–Kier alpha value is -1.95. The Morgan fingerprint density at radius 2 is 2.07 bits per heavy atom. The minimum atomic E-state index is -0.637. The zero-order valence-electron chi connectivity index (χ0n) is 7.68. The van der Waals surface area contributed by atoms with E-state index in [9.17, 15) is 9.18 Å². The third-order valence-corrected chi connectivity index (χ3v) is 1.84. The Labute approximate surface area is 83.9 Å². The van der Waals surface area contributed by atoms with Crippen LogP contribution < -0.4 is 11.5 Å². The first-order valence-electron chi connectivity index (χ1n) is 4.26. The minimum Gasteiger partial charge on any atom is -0.391 e. The molecule has 1 aromatic carbocycles. The SMILES string of the molecule is NCc1nn(-c2ccc(F)cc2)c(=O)o1. The fourth-order valence-electron chi connectivity index (χ4n) is 1.14. The lowest BCUT2D eigenvalue weighted by Crippen LogP contribution is -2.13. The molecule has 0 spiro atoms. The molecule has 0 aliphatic heterocycles. The first kappa shape index (κ1) is 9.60. The second-order valence-corrected chi connectivity index (χ2v) is 2.85. The summed E-state index contributed by atoms with van der Waals surface area (Å²) in [4.78, 5) is 11.3. The summed E-state index contributed by atoms with van der Waals surface area (Å²) in [6.45, 7) is 0.0451. The number of rotatable bonds is 2. The van der Waals surface area contributed by atoms with E-state index >= 15 is 0 Å². The van der Waals surface area contributed by atoms with Gasteiger partial charge in [0.25, 0.3) is 0 Å². The van der Waals surface area contributed by atoms with Crippen molar-refractivity contribution in [2.45, 2.75) is 6.54 Å². The van der Waals surface area contributed by atoms with Gasteiger partial charge in [-0.05, 0) is 24.3 Å². The van der Waals surface area contributed by atoms with Gasteiger partial charge in [0.05, 0.1) is 12.2 Å². The van der Waals surface area contributed by atoms with Crippen molar-refractivity contribution in [1.29, 1.82) is 0 Å². The van der Waals surface area contributed by atoms with Crippen molar-refractivity contribution in [2.75, 3.05) is 0 Å². The highest BCUT2D eigenvalue weighted by Crippen LogP contribution is 2.05. The Balaban J connectivity index is 2.49. The topological polar surface area (TPSA) is 74.0 Å². The first-order valence-corrected chi connectivity index (χ1v) is 4.26. The van der Waals surface area contributed by atoms with Crippen molar-refractivity contribution in [3.05, 3.63) is 46.5 Å². The average molecular weight is 209 g/mol. The van der Waals surface area contributed by atoms with Gasteiger partial charge in [-0.25, -0.2) is 9.18 Å². The fraction of sp³-hybridized carbons (Fsp3) is 0.111. The van der Waals surface area contributed by atoms with Crippen molar-refractivity contribution >= 4 is 0 Å². The lowest BCUT2D eigenvalue weighted by Gasteiger charge is -1.96. The Kier molecular flexibility index (Phi) is 2.34. The zero-order valence-corrected chi connectivity index (χ0v) is 7.68. The molecule has 6 heteroatoms. The molecule has 0 aliphatic carbocycles. The average Bonchev–Trinajstić information content (AvgIpc) is 2.61. The largest absolute Gasteiger partial charge is 0.442 e. The summed E-state index contributed by atoms with van der Waals surface area (Å²) in [6.07, 6.45) is 0. The molecule has 0 saturated heterocycles. The van der Waals surface area contributed by atoms with Crippen LogP contribution in [0, 0.1) is 5.82 Å². The minimum absolute atomic E-state index is 0.0451. The van der Waals surface area contributed by atoms with E-state index in [2.05, 4.69) is 5.10 Å². The fourth-order valence-corrected chi connectivity index (χ4v) is 1.14. The van der Waals surface area contributed by atoms with Crippen molar-refractivity contribution in [1.82, 2.24) is 9.78 Å². The van der Waals surface area contributed by atoms with Gasteiger partial charge in [0.1, 0.15) is 5.82 Å². The van der Waals surface area contributed by atoms with Gasteiger partial charge in [-0.2, -0.15) is 4.68 Å². The summed E-state index contributed by atoms with van der Waals surface area (Å²) in [5, 5.41) is 3.82. The summed E-state index contributed by atoms with van der Waals surface area (Å²) in [6, 6.07) is 5.33. The molecule has 1 heterocycles. The maximum Gasteiger partial charge on any atom is 0.442 e. The van der Waals surface area contributed by atoms with Crippen LogP contribution in [0.1, 0.15) is 5.89 Å². The van der Waals surface area contributed by atoms with Gasteiger partial charge in [-0.15, -0.1) is 5.10 Å². The number of hydrogen-bond acceptors (Lipinski definition) is 4. The molecule has 0 saturated carbocycles. The molecule has 5 nitrogen and oxygen atoms in total. The van der Waals surface area contributed by atoms with E-state index in [0.29, 0.717) is 5.69 Å². The van der Waals surface area contributed by atoms with Crippen LogP contribution in [0.3, 0.4) is 0 Å². The van der Waals surface area contributed by atoms with E-state index in [4.69, 9.17) is 10.2 Å². The predicted molar refractivity (Wildman–Crippen MR) is 49.9 cm³/mol. The van der Waals surface area contributed by atoms with Crippen LogP contribution in [0.5, 0.6) is 0 Å². The van der Waals surface area contributed by atoms with Crippen molar-refractivity contribution in [2.24, 2.45) is 5.73 Å². The van der Waals surface area contributed by atoms with Gasteiger partial charge in [0, 0.05) is 0 Å². The van der Waals surface area contributed by atoms with Crippen LogP contribution in [0.15, 0.2) is 33.5 Å². The maximum atomic E-state index is 12.6. The zero-order chi connectivity index (χ0) is 10.8. The van der Waals surface area contributed by atoms with Crippen molar-refractivity contribution in [3.8, 4) is 5.69 Å². The summed E-state index contributed by atoms with van der Waals surface area (Å²) in [5.74, 6) is -0.874. The normalized spacial score (nSPS) is 10.5. The summed E-state index contributed by atoms with van der Waals surface area (Å²) in [5.41, 5.74) is 5.70. The number of halogens is 1. The number of aromatic nitrogens is 2. The molecule has 15 heavy (non-hydrogen) atoms. The second-order valence-electron chi connectivity index (χ2n) is 2.85. The molecule has 0 bridgehead atoms. The molecule has 2 rings (SSSR count). The van der Waals surface area contributed by atoms with Gasteiger partial charge in [0.15, 0.2) is 0 Å². The van der Waals surface area contributed by atoms with Crippen LogP contribution in [0.4, 0.5) is 4.39 Å². The van der Waals surface area contributed by atoms with Crippen LogP contribution >= 0.6 is 0 Å². The Bertz CT molecular complexity index is 515. The van der Waals surface area contributed by atoms with Crippen LogP contribution in [-0.2, 0) is 6.54 Å². The highest BCUT2D eigenvalue weighted by Gasteiger charge is 2.07. The standard InChI is InChI=1S/C9H8FN3O2/c10-6-1-3-7(4-2-6)13-9(14)15-8(5-11)12-13/h1-4H,5,11H2. The molecular weight excluding hydrogens is 201 g/mol. The van der Waals surface area contributed by atoms with Crippen LogP contribution in [0.2, 0.25) is 0 Å². The molecular formula is C9H8FN3O2. The van der Waals surface area contributed by atoms with Crippen molar-refractivity contribution < 1.29 is 8.81 Å². The van der Waals surface area contributed by atoms with E-state index < -0.39 is 5.76 Å². The van der Waals surface area contributed by atoms with Crippen molar-refractivity contribution in [3.63, 3.8) is 0 Å². The molecule has 0 amide bonds. The summed E-state index contributed by atoms with van der Waals surface area (Å²) in [7, 11) is 0. The highest BCUT2D eigenvalue weighted by molar-refractivity contribution is 5.29. The first-order chi connectivity index (χ1) is 7.20. The van der Waals surface area contributed by atoms with Gasteiger partial charge in [-0.1, -0.05) is 0 Å². The quantitative estimate of drug-likeness (QED) is 0.778. The molecule has 0 fully saturated rings. The number of hydrogen-bond donors (Lipinski definition) is 1. The molecule has 0 atom stereocenters. The Morgan fingerprint density at radius 3 is 2.60 bits per heavy atom. The number of benzene rings is 1. The maximum absolute atomic E-state index is 12.6. The molecule has 78 valence electrons. The van der Waals surface area contributed by atoms with E-state index in [1.807, 2.05) is 0 Å². The van der Waals surface area contributed by atoms with Crippen LogP contribution in [-0.4, -0.2) is 9.78 Å². The number of nitrogens with two attached hydrogens (primary N) is 1. The molecule has 1 aromatic heterocycles. The molecule has 0 radical (unpaired) electrons. The van der Waals surface area contributed by atoms with E-state index in [1.165, 1.54) is 24.3 Å². The summed E-state index contributed by atoms with van der Waals surface area (Å²) >= 11 is 0. The highest BCUT2D eigenvalue weighted by atomic mass is 19.1. The van der Waals surface area contributed by atoms with Gasteiger partial charge in [0.2, 0.25) is 5.89 Å². The molecule has 0 unspecified atom stereocenters.